The Morgan fingerprint density at radius 3 is 2.41 bits per heavy atom. The van der Waals surface area contributed by atoms with Crippen LogP contribution < -0.4 is 0 Å². The molecule has 2 rings (SSSR count). The molecule has 0 aliphatic rings. The number of carboxylic acids is 1. The summed E-state index contributed by atoms with van der Waals surface area (Å²) in [6.45, 7) is 9.43. The predicted molar refractivity (Wildman–Crippen MR) is 91.9 cm³/mol. The highest BCUT2D eigenvalue weighted by Gasteiger charge is 2.17. The summed E-state index contributed by atoms with van der Waals surface area (Å²) in [5.74, 6) is -0.838. The first kappa shape index (κ1) is 16.6. The van der Waals surface area contributed by atoms with Crippen molar-refractivity contribution >= 4 is 16.9 Å². The van der Waals surface area contributed by atoms with Crippen LogP contribution in [0.4, 0.5) is 0 Å². The summed E-state index contributed by atoms with van der Waals surface area (Å²) in [6, 6.07) is 3.93. The summed E-state index contributed by atoms with van der Waals surface area (Å²) in [4.78, 5) is 11.4. The molecule has 1 N–H and O–H groups in total. The Kier molecular flexibility index (Phi) is 5.28. The molecule has 1 heterocycles. The van der Waals surface area contributed by atoms with Gasteiger partial charge in [-0.1, -0.05) is 26.7 Å². The fraction of sp³-hybridized carbons (Fsp3) is 0.526. The molecule has 0 saturated heterocycles. The zero-order valence-electron chi connectivity index (χ0n) is 14.2. The van der Waals surface area contributed by atoms with E-state index in [4.69, 9.17) is 0 Å². The summed E-state index contributed by atoms with van der Waals surface area (Å²) in [7, 11) is 0. The van der Waals surface area contributed by atoms with Crippen molar-refractivity contribution in [2.24, 2.45) is 0 Å². The summed E-state index contributed by atoms with van der Waals surface area (Å²) in [5.41, 5.74) is 5.06. The first-order chi connectivity index (χ1) is 10.5. The number of aromatic nitrogens is 1. The van der Waals surface area contributed by atoms with Gasteiger partial charge in [0, 0.05) is 23.1 Å². The summed E-state index contributed by atoms with van der Waals surface area (Å²) in [6.07, 6.45) is 5.68. The molecule has 2 aromatic rings. The number of fused-ring (bicyclic) bond motifs is 1. The molecule has 0 spiro atoms. The van der Waals surface area contributed by atoms with E-state index in [0.717, 1.165) is 36.9 Å². The lowest BCUT2D eigenvalue weighted by Crippen LogP contribution is -2.03. The van der Waals surface area contributed by atoms with Crippen molar-refractivity contribution in [3.05, 3.63) is 34.5 Å². The zero-order chi connectivity index (χ0) is 16.3. The van der Waals surface area contributed by atoms with E-state index < -0.39 is 5.97 Å². The van der Waals surface area contributed by atoms with Crippen LogP contribution in [0.1, 0.15) is 66.7 Å². The third-order valence-corrected chi connectivity index (χ3v) is 4.55. The van der Waals surface area contributed by atoms with E-state index in [-0.39, 0.29) is 0 Å². The Labute approximate surface area is 133 Å². The Morgan fingerprint density at radius 1 is 1.14 bits per heavy atom. The monoisotopic (exact) mass is 301 g/mol. The van der Waals surface area contributed by atoms with Gasteiger partial charge in [0.1, 0.15) is 0 Å². The van der Waals surface area contributed by atoms with E-state index in [1.807, 2.05) is 13.0 Å². The minimum Gasteiger partial charge on any atom is -0.478 e. The SMILES string of the molecule is CCCCc1c(C)n(CCCC)c2cc(C(=O)O)c(C)cc12. The molecule has 0 aliphatic carbocycles. The first-order valence-electron chi connectivity index (χ1n) is 8.36. The van der Waals surface area contributed by atoms with Crippen LogP contribution in [0.25, 0.3) is 10.9 Å². The van der Waals surface area contributed by atoms with Crippen molar-refractivity contribution in [3.8, 4) is 0 Å². The van der Waals surface area contributed by atoms with Gasteiger partial charge in [-0.25, -0.2) is 4.79 Å². The molecular formula is C19H27NO2. The number of aryl methyl sites for hydroxylation is 3. The first-order valence-corrected chi connectivity index (χ1v) is 8.36. The number of nitrogens with zero attached hydrogens (tertiary/aromatic N) is 1. The van der Waals surface area contributed by atoms with Gasteiger partial charge in [0.05, 0.1) is 5.56 Å². The molecule has 0 bridgehead atoms. The number of aromatic carboxylic acids is 1. The quantitative estimate of drug-likeness (QED) is 0.773. The fourth-order valence-electron chi connectivity index (χ4n) is 3.20. The smallest absolute Gasteiger partial charge is 0.336 e. The summed E-state index contributed by atoms with van der Waals surface area (Å²) in [5, 5.41) is 10.6. The lowest BCUT2D eigenvalue weighted by molar-refractivity contribution is 0.0696. The average Bonchev–Trinajstić information content (AvgIpc) is 2.73. The molecule has 0 aliphatic heterocycles. The van der Waals surface area contributed by atoms with Crippen molar-refractivity contribution in [2.75, 3.05) is 0 Å². The van der Waals surface area contributed by atoms with Gasteiger partial charge in [-0.2, -0.15) is 0 Å². The Bertz CT molecular complexity index is 683. The van der Waals surface area contributed by atoms with Crippen molar-refractivity contribution in [1.82, 2.24) is 4.57 Å². The van der Waals surface area contributed by atoms with E-state index in [1.54, 1.807) is 0 Å². The van der Waals surface area contributed by atoms with Gasteiger partial charge >= 0.3 is 5.97 Å². The highest BCUT2D eigenvalue weighted by Crippen LogP contribution is 2.30. The van der Waals surface area contributed by atoms with Gasteiger partial charge in [-0.15, -0.1) is 0 Å². The van der Waals surface area contributed by atoms with Crippen LogP contribution in [0.5, 0.6) is 0 Å². The molecule has 0 atom stereocenters. The highest BCUT2D eigenvalue weighted by molar-refractivity contribution is 5.96. The number of rotatable bonds is 7. The number of unbranched alkanes of at least 4 members (excludes halogenated alkanes) is 2. The molecule has 0 saturated carbocycles. The molecule has 120 valence electrons. The van der Waals surface area contributed by atoms with Crippen LogP contribution in [0.3, 0.4) is 0 Å². The molecule has 1 aromatic heterocycles. The Hall–Kier alpha value is -1.77. The molecule has 0 amide bonds. The second-order valence-corrected chi connectivity index (χ2v) is 6.16. The summed E-state index contributed by atoms with van der Waals surface area (Å²) < 4.78 is 2.32. The van der Waals surface area contributed by atoms with Crippen molar-refractivity contribution in [1.29, 1.82) is 0 Å². The van der Waals surface area contributed by atoms with Gasteiger partial charge < -0.3 is 9.67 Å². The number of carboxylic acid groups (broad SMARTS) is 1. The lowest BCUT2D eigenvalue weighted by atomic mass is 10.0. The average molecular weight is 301 g/mol. The molecule has 0 fully saturated rings. The standard InChI is InChI=1S/C19H27NO2/c1-5-7-9-15-14(4)20(10-8-6-2)18-12-16(19(21)22)13(3)11-17(15)18/h11-12H,5-10H2,1-4H3,(H,21,22). The van der Waals surface area contributed by atoms with Crippen molar-refractivity contribution < 1.29 is 9.90 Å². The Balaban J connectivity index is 2.65. The van der Waals surface area contributed by atoms with Crippen LogP contribution in [-0.4, -0.2) is 15.6 Å². The number of carbonyl (C=O) groups is 1. The van der Waals surface area contributed by atoms with Gasteiger partial charge in [0.15, 0.2) is 0 Å². The highest BCUT2D eigenvalue weighted by atomic mass is 16.4. The fourth-order valence-corrected chi connectivity index (χ4v) is 3.20. The van der Waals surface area contributed by atoms with Crippen LogP contribution >= 0.6 is 0 Å². The van der Waals surface area contributed by atoms with Crippen LogP contribution in [0, 0.1) is 13.8 Å². The van der Waals surface area contributed by atoms with Crippen molar-refractivity contribution in [3.63, 3.8) is 0 Å². The second kappa shape index (κ2) is 6.99. The molecule has 1 aromatic carbocycles. The zero-order valence-corrected chi connectivity index (χ0v) is 14.2. The van der Waals surface area contributed by atoms with E-state index >= 15 is 0 Å². The number of hydrogen-bond acceptors (Lipinski definition) is 1. The lowest BCUT2D eigenvalue weighted by Gasteiger charge is -2.09. The van der Waals surface area contributed by atoms with E-state index in [9.17, 15) is 9.90 Å². The Morgan fingerprint density at radius 2 is 1.82 bits per heavy atom. The molecule has 0 radical (unpaired) electrons. The van der Waals surface area contributed by atoms with E-state index in [0.29, 0.717) is 5.56 Å². The van der Waals surface area contributed by atoms with Gasteiger partial charge in [0.25, 0.3) is 0 Å². The van der Waals surface area contributed by atoms with E-state index in [2.05, 4.69) is 31.4 Å². The maximum absolute atomic E-state index is 11.4. The minimum absolute atomic E-state index is 0.421. The van der Waals surface area contributed by atoms with Gasteiger partial charge in [0.2, 0.25) is 0 Å². The third kappa shape index (κ3) is 3.03. The maximum Gasteiger partial charge on any atom is 0.336 e. The predicted octanol–water partition coefficient (Wildman–Crippen LogP) is 5.10. The third-order valence-electron chi connectivity index (χ3n) is 4.55. The number of hydrogen-bond donors (Lipinski definition) is 1. The molecule has 22 heavy (non-hydrogen) atoms. The molecule has 0 unspecified atom stereocenters. The largest absolute Gasteiger partial charge is 0.478 e. The molecule has 3 nitrogen and oxygen atoms in total. The van der Waals surface area contributed by atoms with E-state index in [1.165, 1.54) is 29.5 Å². The normalized spacial score (nSPS) is 11.3. The second-order valence-electron chi connectivity index (χ2n) is 6.16. The van der Waals surface area contributed by atoms with Crippen molar-refractivity contribution in [2.45, 2.75) is 66.3 Å². The van der Waals surface area contributed by atoms with Crippen LogP contribution in [0.15, 0.2) is 12.1 Å². The number of benzene rings is 1. The van der Waals surface area contributed by atoms with Crippen LogP contribution in [0.2, 0.25) is 0 Å². The molecular weight excluding hydrogens is 274 g/mol. The minimum atomic E-state index is -0.838. The summed E-state index contributed by atoms with van der Waals surface area (Å²) >= 11 is 0. The molecule has 3 heteroatoms. The topological polar surface area (TPSA) is 42.2 Å². The van der Waals surface area contributed by atoms with Gasteiger partial charge in [-0.3, -0.25) is 0 Å². The maximum atomic E-state index is 11.4. The van der Waals surface area contributed by atoms with Gasteiger partial charge in [-0.05, 0) is 56.4 Å². The van der Waals surface area contributed by atoms with Crippen LogP contribution in [-0.2, 0) is 13.0 Å².